The van der Waals surface area contributed by atoms with Gasteiger partial charge in [-0.15, -0.1) is 19.6 Å². The predicted molar refractivity (Wildman–Crippen MR) is 31.2 cm³/mol. The maximum absolute atomic E-state index is 9.62. The van der Waals surface area contributed by atoms with Crippen LogP contribution in [0.4, 0.5) is 8.78 Å². The van der Waals surface area contributed by atoms with Crippen molar-refractivity contribution < 1.29 is 37.5 Å². The summed E-state index contributed by atoms with van der Waals surface area (Å²) in [6, 6.07) is 0. The van der Waals surface area contributed by atoms with Crippen molar-refractivity contribution in [1.82, 2.24) is 0 Å². The minimum Gasteiger partial charge on any atom is -0.214 e. The molecule has 0 aliphatic rings. The summed E-state index contributed by atoms with van der Waals surface area (Å²) >= 11 is 0. The average Bonchev–Trinajstić information content (AvgIpc) is 1.60. The first kappa shape index (κ1) is 17.1. The highest BCUT2D eigenvalue weighted by atomic mass is 31.1. The molecule has 0 radical (unpaired) electrons. The molecule has 4 N–H and O–H groups in total. The Balaban J connectivity index is -0.0000000886. The highest BCUT2D eigenvalue weighted by Crippen LogP contribution is 1.98. The lowest BCUT2D eigenvalue weighted by Crippen LogP contribution is -1.38. The summed E-state index contributed by atoms with van der Waals surface area (Å²) in [7, 11) is -5.74. The van der Waals surface area contributed by atoms with Crippen LogP contribution in [0.5, 0.6) is 0 Å². The number of alkyl halides is 2. The van der Waals surface area contributed by atoms with Crippen molar-refractivity contribution in [1.29, 1.82) is 0 Å². The molecule has 6 nitrogen and oxygen atoms in total. The highest BCUT2D eigenvalue weighted by molar-refractivity contribution is 7.31. The fourth-order valence-corrected chi connectivity index (χ4v) is 0. The first-order valence-electron chi connectivity index (χ1n) is 1.70. The zero-order valence-electron chi connectivity index (χ0n) is 4.96. The summed E-state index contributed by atoms with van der Waals surface area (Å²) in [6.45, 7) is -1.75. The van der Waals surface area contributed by atoms with Gasteiger partial charge in [-0.25, -0.2) is 8.78 Å². The number of halogens is 2. The summed E-state index contributed by atoms with van der Waals surface area (Å²) in [4.78, 5) is 28.5. The molecule has 0 aliphatic carbocycles. The number of hydrogen-bond acceptors (Lipinski definition) is 2. The lowest BCUT2D eigenvalue weighted by molar-refractivity contribution is 0.295. The van der Waals surface area contributed by atoms with E-state index in [0.29, 0.717) is 0 Å². The molecular weight excluding hydrogens is 208 g/mol. The van der Waals surface area contributed by atoms with Crippen LogP contribution in [0.25, 0.3) is 0 Å². The molecule has 0 spiro atoms. The second kappa shape index (κ2) is 16.5. The monoisotopic (exact) mass is 214 g/mol. The number of hydrogen-bond donors (Lipinski definition) is 4. The van der Waals surface area contributed by atoms with Gasteiger partial charge < -0.3 is 0 Å². The molecule has 0 bridgehead atoms. The maximum atomic E-state index is 9.62. The van der Waals surface area contributed by atoms with Crippen molar-refractivity contribution in [2.75, 3.05) is 6.93 Å². The van der Waals surface area contributed by atoms with Crippen LogP contribution in [0.2, 0.25) is 0 Å². The van der Waals surface area contributed by atoms with Gasteiger partial charge in [-0.05, 0) is 0 Å². The van der Waals surface area contributed by atoms with Gasteiger partial charge in [0.2, 0.25) is 6.93 Å². The lowest BCUT2D eigenvalue weighted by Gasteiger charge is -1.42. The Kier molecular flexibility index (Phi) is 25.6. The molecule has 0 aromatic carbocycles. The molecule has 0 saturated carbocycles. The minimum atomic E-state index is -2.87. The van der Waals surface area contributed by atoms with E-state index in [4.69, 9.17) is 28.7 Å². The molecule has 0 fully saturated rings. The van der Waals surface area contributed by atoms with Gasteiger partial charge in [0.25, 0.3) is 0 Å². The molecular formula is CH6F2O6P2+2. The zero-order chi connectivity index (χ0) is 9.86. The van der Waals surface area contributed by atoms with Crippen LogP contribution in [0, 0.1) is 0 Å². The van der Waals surface area contributed by atoms with Crippen LogP contribution in [0.15, 0.2) is 0 Å². The molecule has 0 aromatic heterocycles. The first-order valence-corrected chi connectivity index (χ1v) is 4.03. The van der Waals surface area contributed by atoms with E-state index in [2.05, 4.69) is 0 Å². The minimum absolute atomic E-state index is 1.75. The second-order valence-corrected chi connectivity index (χ2v) is 1.62. The van der Waals surface area contributed by atoms with Gasteiger partial charge in [-0.2, -0.15) is 0 Å². The van der Waals surface area contributed by atoms with E-state index in [0.717, 1.165) is 0 Å². The fourth-order valence-electron chi connectivity index (χ4n) is 0. The van der Waals surface area contributed by atoms with Gasteiger partial charge in [-0.3, -0.25) is 0 Å². The summed E-state index contributed by atoms with van der Waals surface area (Å²) in [5.41, 5.74) is 0. The van der Waals surface area contributed by atoms with Crippen molar-refractivity contribution in [2.24, 2.45) is 0 Å². The normalized spacial score (nSPS) is 6.36. The van der Waals surface area contributed by atoms with E-state index < -0.39 is 23.4 Å². The molecule has 0 rings (SSSR count). The van der Waals surface area contributed by atoms with E-state index >= 15 is 0 Å². The van der Waals surface area contributed by atoms with E-state index in [1.807, 2.05) is 0 Å². The third-order valence-electron chi connectivity index (χ3n) is 0. The van der Waals surface area contributed by atoms with E-state index in [9.17, 15) is 8.78 Å². The fraction of sp³-hybridized carbons (Fsp3) is 1.00. The van der Waals surface area contributed by atoms with E-state index in [1.54, 1.807) is 0 Å². The van der Waals surface area contributed by atoms with Crippen LogP contribution >= 0.6 is 16.5 Å². The molecule has 0 saturated heterocycles. The topological polar surface area (TPSA) is 115 Å². The zero-order valence-corrected chi connectivity index (χ0v) is 6.75. The molecule has 0 aromatic rings. The van der Waals surface area contributed by atoms with Crippen molar-refractivity contribution in [2.45, 2.75) is 0 Å². The van der Waals surface area contributed by atoms with Gasteiger partial charge in [0, 0.05) is 9.13 Å². The largest absolute Gasteiger partial charge is 0.692 e. The molecule has 0 atom stereocenters. The first-order chi connectivity index (χ1) is 4.88. The average molecular weight is 214 g/mol. The van der Waals surface area contributed by atoms with Crippen LogP contribution in [-0.4, -0.2) is 26.5 Å². The van der Waals surface area contributed by atoms with Crippen molar-refractivity contribution in [3.05, 3.63) is 0 Å². The van der Waals surface area contributed by atoms with Crippen molar-refractivity contribution in [3.8, 4) is 0 Å². The van der Waals surface area contributed by atoms with E-state index in [1.165, 1.54) is 0 Å². The van der Waals surface area contributed by atoms with Gasteiger partial charge in [-0.1, -0.05) is 0 Å². The Hall–Kier alpha value is -0.100. The summed E-state index contributed by atoms with van der Waals surface area (Å²) in [5, 5.41) is 0. The summed E-state index contributed by atoms with van der Waals surface area (Å²) in [6.07, 6.45) is 0. The Morgan fingerprint density at radius 1 is 0.909 bits per heavy atom. The molecule has 10 heteroatoms. The Morgan fingerprint density at radius 2 is 0.909 bits per heavy atom. The van der Waals surface area contributed by atoms with Gasteiger partial charge in [0.1, 0.15) is 0 Å². The molecule has 0 aliphatic heterocycles. The lowest BCUT2D eigenvalue weighted by atomic mass is 11.7. The van der Waals surface area contributed by atoms with Crippen LogP contribution in [0.3, 0.4) is 0 Å². The molecule has 0 unspecified atom stereocenters. The van der Waals surface area contributed by atoms with Crippen LogP contribution in [-0.2, 0) is 9.13 Å². The second-order valence-electron chi connectivity index (χ2n) is 0.606. The Bertz CT molecular complexity index is 86.8. The third kappa shape index (κ3) is 61800. The summed E-state index contributed by atoms with van der Waals surface area (Å²) in [5.74, 6) is 0. The van der Waals surface area contributed by atoms with E-state index in [-0.39, 0.29) is 0 Å². The molecule has 11 heavy (non-hydrogen) atoms. The molecule has 0 amide bonds. The quantitative estimate of drug-likeness (QED) is 0.426. The van der Waals surface area contributed by atoms with Gasteiger partial charge in [0.05, 0.1) is 0 Å². The van der Waals surface area contributed by atoms with Crippen LogP contribution in [0.1, 0.15) is 0 Å². The maximum Gasteiger partial charge on any atom is 0.692 e. The standard InChI is InChI=1S/CH2F2.2HO3P/c2-1-3;2*1-4(2)3/h1H2;2*(H-,1,2,3)/p+2. The van der Waals surface area contributed by atoms with Crippen molar-refractivity contribution >= 4 is 16.5 Å². The van der Waals surface area contributed by atoms with Gasteiger partial charge in [0.15, 0.2) is 0 Å². The SMILES string of the molecule is FCF.O=[P+](O)O.O=[P+](O)O. The molecule has 68 valence electrons. The predicted octanol–water partition coefficient (Wildman–Crippen LogP) is 0.140. The van der Waals surface area contributed by atoms with Crippen molar-refractivity contribution in [3.63, 3.8) is 0 Å². The highest BCUT2D eigenvalue weighted by Gasteiger charge is 1.93. The Morgan fingerprint density at radius 3 is 0.909 bits per heavy atom. The van der Waals surface area contributed by atoms with Crippen LogP contribution < -0.4 is 0 Å². The Labute approximate surface area is 62.0 Å². The third-order valence-corrected chi connectivity index (χ3v) is 0. The number of rotatable bonds is 0. The smallest absolute Gasteiger partial charge is 0.214 e. The molecule has 0 heterocycles. The summed E-state index contributed by atoms with van der Waals surface area (Å²) < 4.78 is 36.7. The van der Waals surface area contributed by atoms with Gasteiger partial charge >= 0.3 is 16.5 Å².